The van der Waals surface area contributed by atoms with E-state index in [1.807, 2.05) is 12.1 Å². The van der Waals surface area contributed by atoms with Gasteiger partial charge in [0.2, 0.25) is 0 Å². The third-order valence-corrected chi connectivity index (χ3v) is 3.91. The predicted molar refractivity (Wildman–Crippen MR) is 88.2 cm³/mol. The van der Waals surface area contributed by atoms with Crippen molar-refractivity contribution in [1.82, 2.24) is 0 Å². The summed E-state index contributed by atoms with van der Waals surface area (Å²) in [6, 6.07) is 20.9. The van der Waals surface area contributed by atoms with Crippen molar-refractivity contribution in [3.05, 3.63) is 101 Å². The second kappa shape index (κ2) is 5.02. The number of benzene rings is 2. The molecule has 0 saturated heterocycles. The van der Waals surface area contributed by atoms with Gasteiger partial charge in [0.1, 0.15) is 0 Å². The normalized spacial score (nSPS) is 16.6. The van der Waals surface area contributed by atoms with E-state index < -0.39 is 0 Å². The Labute approximate surface area is 124 Å². The second-order valence-electron chi connectivity index (χ2n) is 5.23. The van der Waals surface area contributed by atoms with E-state index in [1.54, 1.807) is 0 Å². The fourth-order valence-corrected chi connectivity index (χ4v) is 2.90. The van der Waals surface area contributed by atoms with E-state index >= 15 is 0 Å². The molecule has 0 N–H and O–H groups in total. The number of aliphatic imine (C=N–C) groups is 1. The molecule has 1 aliphatic carbocycles. The third kappa shape index (κ3) is 2.07. The first-order valence-electron chi connectivity index (χ1n) is 7.24. The molecule has 0 radical (unpaired) electrons. The lowest BCUT2D eigenvalue weighted by atomic mass is 9.91. The van der Waals surface area contributed by atoms with Gasteiger partial charge in [-0.15, -0.1) is 0 Å². The molecule has 0 aromatic heterocycles. The Morgan fingerprint density at radius 2 is 1.43 bits per heavy atom. The molecular weight excluding hydrogens is 254 g/mol. The number of hydrogen-bond acceptors (Lipinski definition) is 1. The lowest BCUT2D eigenvalue weighted by Crippen LogP contribution is -2.04. The molecule has 0 fully saturated rings. The van der Waals surface area contributed by atoms with Gasteiger partial charge in [-0.25, -0.2) is 4.99 Å². The van der Waals surface area contributed by atoms with Gasteiger partial charge < -0.3 is 0 Å². The number of rotatable bonds is 2. The van der Waals surface area contributed by atoms with Crippen LogP contribution < -0.4 is 0 Å². The van der Waals surface area contributed by atoms with Crippen molar-refractivity contribution in [1.29, 1.82) is 0 Å². The van der Waals surface area contributed by atoms with Gasteiger partial charge in [0.15, 0.2) is 0 Å². The van der Waals surface area contributed by atoms with Crippen molar-refractivity contribution in [3.8, 4) is 0 Å². The Bertz CT molecular complexity index is 790. The van der Waals surface area contributed by atoms with Crippen LogP contribution in [0.1, 0.15) is 17.5 Å². The third-order valence-electron chi connectivity index (χ3n) is 3.91. The highest BCUT2D eigenvalue weighted by Crippen LogP contribution is 2.38. The molecular formula is C20H15N. The number of nitrogens with zero attached hydrogens (tertiary/aromatic N) is 1. The maximum absolute atomic E-state index is 4.96. The van der Waals surface area contributed by atoms with E-state index in [-0.39, 0.29) is 0 Å². The average molecular weight is 269 g/mol. The number of hydrogen-bond donors (Lipinski definition) is 0. The molecule has 0 spiro atoms. The van der Waals surface area contributed by atoms with E-state index in [0.29, 0.717) is 0 Å². The first-order valence-corrected chi connectivity index (χ1v) is 7.24. The van der Waals surface area contributed by atoms with Crippen LogP contribution in [0, 0.1) is 0 Å². The molecule has 0 amide bonds. The summed E-state index contributed by atoms with van der Waals surface area (Å²) in [6.07, 6.45) is 7.47. The summed E-state index contributed by atoms with van der Waals surface area (Å²) in [7, 11) is 0. The molecule has 1 aliphatic heterocycles. The van der Waals surface area contributed by atoms with E-state index in [9.17, 15) is 0 Å². The zero-order chi connectivity index (χ0) is 14.1. The first-order chi connectivity index (χ1) is 10.4. The minimum Gasteiger partial charge on any atom is -0.247 e. The van der Waals surface area contributed by atoms with Crippen LogP contribution in [-0.2, 0) is 0 Å². The van der Waals surface area contributed by atoms with Crippen molar-refractivity contribution in [3.63, 3.8) is 0 Å². The summed E-state index contributed by atoms with van der Waals surface area (Å²) in [5, 5.41) is 0. The second-order valence-corrected chi connectivity index (χ2v) is 5.23. The Morgan fingerprint density at radius 1 is 0.762 bits per heavy atom. The highest BCUT2D eigenvalue weighted by molar-refractivity contribution is 6.21. The fraction of sp³-hybridized carbons (Fsp3) is 0.0500. The zero-order valence-corrected chi connectivity index (χ0v) is 11.7. The van der Waals surface area contributed by atoms with Crippen LogP contribution in [0.5, 0.6) is 0 Å². The number of fused-ring (bicyclic) bond motifs is 1. The topological polar surface area (TPSA) is 12.4 Å². The molecule has 2 aliphatic rings. The molecule has 21 heavy (non-hydrogen) atoms. The van der Waals surface area contributed by atoms with E-state index in [0.717, 1.165) is 17.8 Å². The fourth-order valence-electron chi connectivity index (χ4n) is 2.90. The molecule has 0 atom stereocenters. The van der Waals surface area contributed by atoms with Gasteiger partial charge in [0.05, 0.1) is 11.4 Å². The summed E-state index contributed by atoms with van der Waals surface area (Å²) >= 11 is 0. The summed E-state index contributed by atoms with van der Waals surface area (Å²) in [5.41, 5.74) is 7.19. The first kappa shape index (κ1) is 12.1. The van der Waals surface area contributed by atoms with Gasteiger partial charge in [-0.1, -0.05) is 78.9 Å². The molecule has 1 heterocycles. The van der Waals surface area contributed by atoms with Gasteiger partial charge in [-0.05, 0) is 12.0 Å². The minimum absolute atomic E-state index is 0.954. The standard InChI is InChI=1S/C20H15N/c1-3-9-15(10-4-1)19-17-13-7-8-14-18(17)20(21-19)16-11-5-2-6-12-16/h1-13H,14H2. The van der Waals surface area contributed by atoms with Crippen LogP contribution in [-0.4, -0.2) is 5.71 Å². The number of allylic oxidation sites excluding steroid dienone is 5. The summed E-state index contributed by atoms with van der Waals surface area (Å²) in [6.45, 7) is 0. The highest BCUT2D eigenvalue weighted by Gasteiger charge is 2.25. The molecule has 2 aromatic carbocycles. The minimum atomic E-state index is 0.954. The smallest absolute Gasteiger partial charge is 0.0785 e. The maximum Gasteiger partial charge on any atom is 0.0785 e. The van der Waals surface area contributed by atoms with Crippen LogP contribution in [0.3, 0.4) is 0 Å². The lowest BCUT2D eigenvalue weighted by Gasteiger charge is -2.10. The zero-order valence-electron chi connectivity index (χ0n) is 11.7. The van der Waals surface area contributed by atoms with Crippen LogP contribution >= 0.6 is 0 Å². The Kier molecular flexibility index (Phi) is 2.89. The Morgan fingerprint density at radius 3 is 2.14 bits per heavy atom. The maximum atomic E-state index is 4.96. The van der Waals surface area contributed by atoms with Crippen molar-refractivity contribution >= 4 is 11.4 Å². The molecule has 0 unspecified atom stereocenters. The summed E-state index contributed by atoms with van der Waals surface area (Å²) in [4.78, 5) is 4.96. The van der Waals surface area contributed by atoms with Gasteiger partial charge in [0.25, 0.3) is 0 Å². The molecule has 2 aromatic rings. The highest BCUT2D eigenvalue weighted by atomic mass is 14.8. The molecule has 1 nitrogen and oxygen atoms in total. The SMILES string of the molecule is C1=CCC2=C(c3ccccc3)N=C(c3ccccc3)C2=C1. The van der Waals surface area contributed by atoms with Crippen molar-refractivity contribution in [2.45, 2.75) is 6.42 Å². The molecule has 0 bridgehead atoms. The van der Waals surface area contributed by atoms with Crippen LogP contribution in [0.15, 0.2) is 95.0 Å². The van der Waals surface area contributed by atoms with Crippen molar-refractivity contribution in [2.75, 3.05) is 0 Å². The van der Waals surface area contributed by atoms with E-state index in [4.69, 9.17) is 4.99 Å². The van der Waals surface area contributed by atoms with Crippen LogP contribution in [0.2, 0.25) is 0 Å². The van der Waals surface area contributed by atoms with Gasteiger partial charge in [-0.2, -0.15) is 0 Å². The van der Waals surface area contributed by atoms with Crippen LogP contribution in [0.25, 0.3) is 5.70 Å². The molecule has 4 rings (SSSR count). The average Bonchev–Trinajstić information content (AvgIpc) is 2.96. The predicted octanol–water partition coefficient (Wildman–Crippen LogP) is 4.79. The summed E-state index contributed by atoms with van der Waals surface area (Å²) < 4.78 is 0. The van der Waals surface area contributed by atoms with Gasteiger partial charge in [-0.3, -0.25) is 0 Å². The van der Waals surface area contributed by atoms with Crippen LogP contribution in [0.4, 0.5) is 0 Å². The molecule has 0 saturated carbocycles. The summed E-state index contributed by atoms with van der Waals surface area (Å²) in [5.74, 6) is 0. The molecule has 1 heteroatoms. The van der Waals surface area contributed by atoms with Gasteiger partial charge in [0, 0.05) is 16.7 Å². The van der Waals surface area contributed by atoms with Gasteiger partial charge >= 0.3 is 0 Å². The molecule has 100 valence electrons. The Balaban J connectivity index is 1.88. The monoisotopic (exact) mass is 269 g/mol. The van der Waals surface area contributed by atoms with Crippen molar-refractivity contribution < 1.29 is 0 Å². The largest absolute Gasteiger partial charge is 0.247 e. The van der Waals surface area contributed by atoms with E-state index in [2.05, 4.69) is 66.8 Å². The van der Waals surface area contributed by atoms with Crippen molar-refractivity contribution in [2.24, 2.45) is 4.99 Å². The Hall–Kier alpha value is -2.67. The lowest BCUT2D eigenvalue weighted by molar-refractivity contribution is 1.24. The quantitative estimate of drug-likeness (QED) is 0.743. The van der Waals surface area contributed by atoms with E-state index in [1.165, 1.54) is 22.3 Å².